The van der Waals surface area contributed by atoms with Crippen LogP contribution >= 0.6 is 0 Å². The number of esters is 1. The van der Waals surface area contributed by atoms with E-state index in [4.69, 9.17) is 14.0 Å². The molecule has 7 heteroatoms. The van der Waals surface area contributed by atoms with Gasteiger partial charge >= 0.3 is 5.97 Å². The third-order valence-electron chi connectivity index (χ3n) is 5.35. The molecule has 1 aromatic heterocycles. The third kappa shape index (κ3) is 7.27. The maximum Gasteiger partial charge on any atom is 0.310 e. The van der Waals surface area contributed by atoms with E-state index in [1.165, 1.54) is 18.4 Å². The zero-order valence-corrected chi connectivity index (χ0v) is 18.2. The largest absolute Gasteiger partial charge is 0.489 e. The Morgan fingerprint density at radius 3 is 2.65 bits per heavy atom. The van der Waals surface area contributed by atoms with Gasteiger partial charge in [-0.3, -0.25) is 9.59 Å². The first-order valence-corrected chi connectivity index (χ1v) is 10.7. The SMILES string of the molecule is Cc1noc(C)c1COc1ccc(CC(=O)OCC(=O)NCCC2=CCCCC2)cc1. The second kappa shape index (κ2) is 11.3. The fraction of sp³-hybridized carbons (Fsp3) is 0.458. The molecule has 31 heavy (non-hydrogen) atoms. The van der Waals surface area contributed by atoms with Crippen molar-refractivity contribution in [2.45, 2.75) is 59.0 Å². The summed E-state index contributed by atoms with van der Waals surface area (Å²) in [5, 5.41) is 6.71. The number of allylic oxidation sites excluding steroid dienone is 1. The molecule has 0 saturated heterocycles. The molecule has 2 aromatic rings. The van der Waals surface area contributed by atoms with Crippen LogP contribution in [-0.2, 0) is 27.4 Å². The summed E-state index contributed by atoms with van der Waals surface area (Å²) in [5.41, 5.74) is 3.94. The standard InChI is InChI=1S/C24H30N2O5/c1-17-22(18(2)31-26-17)15-29-21-10-8-20(9-11-21)14-24(28)30-16-23(27)25-13-12-19-6-4-3-5-7-19/h6,8-11H,3-5,7,12-16H2,1-2H3,(H,25,27). The summed E-state index contributed by atoms with van der Waals surface area (Å²) in [6.07, 6.45) is 7.97. The lowest BCUT2D eigenvalue weighted by Gasteiger charge is -2.13. The smallest absolute Gasteiger partial charge is 0.310 e. The molecule has 1 amide bonds. The van der Waals surface area contributed by atoms with Gasteiger partial charge in [0.15, 0.2) is 6.61 Å². The van der Waals surface area contributed by atoms with Crippen molar-refractivity contribution in [3.8, 4) is 5.75 Å². The van der Waals surface area contributed by atoms with Gasteiger partial charge < -0.3 is 19.3 Å². The highest BCUT2D eigenvalue weighted by Gasteiger charge is 2.11. The number of aryl methyl sites for hydroxylation is 2. The molecule has 0 fully saturated rings. The van der Waals surface area contributed by atoms with Crippen molar-refractivity contribution in [1.29, 1.82) is 0 Å². The minimum absolute atomic E-state index is 0.102. The Morgan fingerprint density at radius 2 is 1.97 bits per heavy atom. The summed E-state index contributed by atoms with van der Waals surface area (Å²) in [6, 6.07) is 7.21. The van der Waals surface area contributed by atoms with Crippen LogP contribution in [0.15, 0.2) is 40.4 Å². The number of nitrogens with zero attached hydrogens (tertiary/aromatic N) is 1. The van der Waals surface area contributed by atoms with Gasteiger partial charge in [-0.2, -0.15) is 0 Å². The minimum Gasteiger partial charge on any atom is -0.489 e. The Kier molecular flexibility index (Phi) is 8.27. The lowest BCUT2D eigenvalue weighted by Crippen LogP contribution is -2.30. The molecular weight excluding hydrogens is 396 g/mol. The molecule has 0 saturated carbocycles. The maximum absolute atomic E-state index is 12.0. The number of benzene rings is 1. The Morgan fingerprint density at radius 1 is 1.16 bits per heavy atom. The zero-order chi connectivity index (χ0) is 22.1. The van der Waals surface area contributed by atoms with Crippen molar-refractivity contribution >= 4 is 11.9 Å². The first-order chi connectivity index (χ1) is 15.0. The molecule has 166 valence electrons. The van der Waals surface area contributed by atoms with Crippen molar-refractivity contribution in [3.05, 3.63) is 58.5 Å². The van der Waals surface area contributed by atoms with Crippen LogP contribution in [0.3, 0.4) is 0 Å². The van der Waals surface area contributed by atoms with Crippen molar-refractivity contribution in [1.82, 2.24) is 10.5 Å². The summed E-state index contributed by atoms with van der Waals surface area (Å²) in [5.74, 6) is 0.721. The molecule has 0 unspecified atom stereocenters. The summed E-state index contributed by atoms with van der Waals surface area (Å²) in [7, 11) is 0. The highest BCUT2D eigenvalue weighted by Crippen LogP contribution is 2.20. The molecule has 0 bridgehead atoms. The number of nitrogens with one attached hydrogen (secondary N) is 1. The fourth-order valence-corrected chi connectivity index (χ4v) is 3.48. The van der Waals surface area contributed by atoms with Gasteiger partial charge in [0.2, 0.25) is 0 Å². The third-order valence-corrected chi connectivity index (χ3v) is 5.35. The number of carbonyl (C=O) groups is 2. The van der Waals surface area contributed by atoms with E-state index in [2.05, 4.69) is 16.5 Å². The second-order valence-electron chi connectivity index (χ2n) is 7.78. The van der Waals surface area contributed by atoms with Gasteiger partial charge in [0, 0.05) is 6.54 Å². The van der Waals surface area contributed by atoms with Crippen molar-refractivity contribution in [2.24, 2.45) is 0 Å². The number of rotatable bonds is 10. The summed E-state index contributed by atoms with van der Waals surface area (Å²) in [4.78, 5) is 23.9. The van der Waals surface area contributed by atoms with Gasteiger partial charge in [0.1, 0.15) is 18.1 Å². The molecule has 0 aliphatic heterocycles. The normalized spacial score (nSPS) is 13.4. The Hall–Kier alpha value is -3.09. The molecular formula is C24H30N2O5. The number of carbonyl (C=O) groups excluding carboxylic acids is 2. The van der Waals surface area contributed by atoms with Crippen LogP contribution in [0.2, 0.25) is 0 Å². The summed E-state index contributed by atoms with van der Waals surface area (Å²) < 4.78 is 16.0. The van der Waals surface area contributed by atoms with Crippen LogP contribution in [0, 0.1) is 13.8 Å². The van der Waals surface area contributed by atoms with Crippen LogP contribution < -0.4 is 10.1 Å². The zero-order valence-electron chi connectivity index (χ0n) is 18.2. The van der Waals surface area contributed by atoms with Crippen LogP contribution in [0.25, 0.3) is 0 Å². The molecule has 1 heterocycles. The van der Waals surface area contributed by atoms with E-state index < -0.39 is 5.97 Å². The Bertz CT molecular complexity index is 895. The molecule has 3 rings (SSSR count). The van der Waals surface area contributed by atoms with Crippen molar-refractivity contribution in [2.75, 3.05) is 13.2 Å². The van der Waals surface area contributed by atoms with E-state index in [0.29, 0.717) is 18.9 Å². The van der Waals surface area contributed by atoms with Gasteiger partial charge in [-0.1, -0.05) is 28.9 Å². The molecule has 7 nitrogen and oxygen atoms in total. The number of amides is 1. The molecule has 1 aromatic carbocycles. The van der Waals surface area contributed by atoms with Gasteiger partial charge in [0.05, 0.1) is 17.7 Å². The van der Waals surface area contributed by atoms with E-state index in [1.54, 1.807) is 12.1 Å². The number of hydrogen-bond donors (Lipinski definition) is 1. The van der Waals surface area contributed by atoms with Crippen LogP contribution in [0.1, 0.15) is 54.7 Å². The van der Waals surface area contributed by atoms with E-state index in [1.807, 2.05) is 26.0 Å². The van der Waals surface area contributed by atoms with Gasteiger partial charge in [-0.05, 0) is 63.6 Å². The molecule has 1 aliphatic rings. The lowest BCUT2D eigenvalue weighted by atomic mass is 9.97. The fourth-order valence-electron chi connectivity index (χ4n) is 3.48. The first-order valence-electron chi connectivity index (χ1n) is 10.7. The summed E-state index contributed by atoms with van der Waals surface area (Å²) >= 11 is 0. The average Bonchev–Trinajstić information content (AvgIpc) is 3.10. The molecule has 0 spiro atoms. The van der Waals surface area contributed by atoms with E-state index in [9.17, 15) is 9.59 Å². The number of hydrogen-bond acceptors (Lipinski definition) is 6. The maximum atomic E-state index is 12.0. The topological polar surface area (TPSA) is 90.7 Å². The molecule has 0 radical (unpaired) electrons. The van der Waals surface area contributed by atoms with Crippen molar-refractivity contribution < 1.29 is 23.6 Å². The predicted molar refractivity (Wildman–Crippen MR) is 116 cm³/mol. The molecule has 1 N–H and O–H groups in total. The predicted octanol–water partition coefficient (Wildman–Crippen LogP) is 3.96. The van der Waals surface area contributed by atoms with Gasteiger partial charge in [-0.15, -0.1) is 0 Å². The average molecular weight is 427 g/mol. The van der Waals surface area contributed by atoms with E-state index in [-0.39, 0.29) is 18.9 Å². The summed E-state index contributed by atoms with van der Waals surface area (Å²) in [6.45, 7) is 4.42. The quantitative estimate of drug-likeness (QED) is 0.457. The highest BCUT2D eigenvalue weighted by molar-refractivity contribution is 5.81. The number of aromatic nitrogens is 1. The molecule has 1 aliphatic carbocycles. The molecule has 0 atom stereocenters. The van der Waals surface area contributed by atoms with Crippen LogP contribution in [0.5, 0.6) is 5.75 Å². The van der Waals surface area contributed by atoms with Crippen LogP contribution in [-0.4, -0.2) is 30.2 Å². The Labute approximate surface area is 182 Å². The monoisotopic (exact) mass is 426 g/mol. The van der Waals surface area contributed by atoms with Gasteiger partial charge in [-0.25, -0.2) is 0 Å². The van der Waals surface area contributed by atoms with E-state index in [0.717, 1.165) is 41.8 Å². The van der Waals surface area contributed by atoms with E-state index >= 15 is 0 Å². The second-order valence-corrected chi connectivity index (χ2v) is 7.78. The van der Waals surface area contributed by atoms with Gasteiger partial charge in [0.25, 0.3) is 5.91 Å². The number of ether oxygens (including phenoxy) is 2. The van der Waals surface area contributed by atoms with Crippen molar-refractivity contribution in [3.63, 3.8) is 0 Å². The highest BCUT2D eigenvalue weighted by atomic mass is 16.5. The Balaban J connectivity index is 1.34. The first kappa shape index (κ1) is 22.6. The minimum atomic E-state index is -0.436. The van der Waals surface area contributed by atoms with Crippen LogP contribution in [0.4, 0.5) is 0 Å². The lowest BCUT2D eigenvalue weighted by molar-refractivity contribution is -0.147.